The molecule has 0 aromatic heterocycles. The molecule has 7 nitrogen and oxygen atoms in total. The van der Waals surface area contributed by atoms with Crippen LogP contribution < -0.4 is 5.14 Å². The van der Waals surface area contributed by atoms with Crippen LogP contribution in [0.2, 0.25) is 0 Å². The fourth-order valence-electron chi connectivity index (χ4n) is 11.2. The lowest BCUT2D eigenvalue weighted by atomic mass is 9.33. The number of hydrogen-bond donors (Lipinski definition) is 1. The van der Waals surface area contributed by atoms with Gasteiger partial charge in [0.1, 0.15) is 0 Å². The number of ether oxygens (including phenoxy) is 1. The van der Waals surface area contributed by atoms with Gasteiger partial charge in [0.15, 0.2) is 5.78 Å². The van der Waals surface area contributed by atoms with Gasteiger partial charge in [-0.15, -0.1) is 0 Å². The molecule has 4 fully saturated rings. The summed E-state index contributed by atoms with van der Waals surface area (Å²) in [5, 5.41) is 5.30. The van der Waals surface area contributed by atoms with Crippen molar-refractivity contribution in [2.45, 2.75) is 106 Å². The maximum absolute atomic E-state index is 14.5. The molecule has 0 aromatic rings. The molecule has 0 unspecified atom stereocenters. The molecular weight excluding hydrogens is 514 g/mol. The van der Waals surface area contributed by atoms with E-state index in [4.69, 9.17) is 14.1 Å². The van der Waals surface area contributed by atoms with Crippen molar-refractivity contribution in [2.24, 2.45) is 61.8 Å². The number of esters is 1. The highest BCUT2D eigenvalue weighted by molar-refractivity contribution is 7.84. The molecule has 0 heterocycles. The first-order chi connectivity index (χ1) is 17.9. The number of hydrogen-bond acceptors (Lipinski definition) is 6. The quantitative estimate of drug-likeness (QED) is 0.448. The van der Waals surface area contributed by atoms with Crippen LogP contribution >= 0.6 is 0 Å². The van der Waals surface area contributed by atoms with Crippen molar-refractivity contribution >= 4 is 22.1 Å². The number of ketones is 1. The van der Waals surface area contributed by atoms with Crippen LogP contribution in [0.5, 0.6) is 0 Å². The molecule has 0 aliphatic heterocycles. The van der Waals surface area contributed by atoms with Gasteiger partial charge in [0, 0.05) is 5.92 Å². The number of allylic oxidation sites excluding steroid dienone is 2. The molecule has 0 saturated heterocycles. The fraction of sp³-hybridized carbons (Fsp3) is 0.871. The Hall–Kier alpha value is -1.25. The SMILES string of the molecule is COC(=O)[C@]12CC[C@@H](C)[C@H](C)[C@H]1C1=CC(=O)[C@@H]3[C@@]4(C)CC[C@H](OS(N)(=O)=O)C(C)(C)[C@@H]4CC[C@@]3(C)[C@]1(C)CC2. The maximum atomic E-state index is 14.5. The minimum atomic E-state index is -4.07. The predicted molar refractivity (Wildman–Crippen MR) is 149 cm³/mol. The van der Waals surface area contributed by atoms with Crippen LogP contribution in [0.15, 0.2) is 11.6 Å². The van der Waals surface area contributed by atoms with E-state index in [1.807, 2.05) is 6.08 Å². The van der Waals surface area contributed by atoms with Crippen LogP contribution in [0.25, 0.3) is 0 Å². The lowest BCUT2D eigenvalue weighted by Gasteiger charge is -2.70. The summed E-state index contributed by atoms with van der Waals surface area (Å²) in [4.78, 5) is 27.9. The lowest BCUT2D eigenvalue weighted by Crippen LogP contribution is -2.67. The first-order valence-corrected chi connectivity index (χ1v) is 16.4. The molecule has 5 rings (SSSR count). The fourth-order valence-corrected chi connectivity index (χ4v) is 11.9. The van der Waals surface area contributed by atoms with E-state index in [0.29, 0.717) is 12.3 Å². The monoisotopic (exact) mass is 563 g/mol. The second kappa shape index (κ2) is 8.87. The van der Waals surface area contributed by atoms with Gasteiger partial charge in [0.05, 0.1) is 18.6 Å². The molecule has 39 heavy (non-hydrogen) atoms. The maximum Gasteiger partial charge on any atom is 0.333 e. The molecular formula is C31H49NO6S. The van der Waals surface area contributed by atoms with Gasteiger partial charge in [-0.05, 0) is 103 Å². The average molecular weight is 564 g/mol. The third-order valence-corrected chi connectivity index (χ3v) is 14.0. The summed E-state index contributed by atoms with van der Waals surface area (Å²) in [6, 6.07) is 0. The molecule has 220 valence electrons. The highest BCUT2D eigenvalue weighted by Crippen LogP contribution is 2.75. The van der Waals surface area contributed by atoms with Crippen LogP contribution in [0.3, 0.4) is 0 Å². The Kier molecular flexibility index (Phi) is 6.66. The van der Waals surface area contributed by atoms with Crippen molar-refractivity contribution < 1.29 is 26.9 Å². The zero-order valence-corrected chi connectivity index (χ0v) is 25.9. The molecule has 0 bridgehead atoms. The van der Waals surface area contributed by atoms with Crippen LogP contribution in [0.1, 0.15) is 99.8 Å². The largest absolute Gasteiger partial charge is 0.469 e. The number of rotatable bonds is 3. The molecule has 0 aromatic carbocycles. The van der Waals surface area contributed by atoms with E-state index >= 15 is 0 Å². The summed E-state index contributed by atoms with van der Waals surface area (Å²) in [5.41, 5.74) is -0.571. The smallest absolute Gasteiger partial charge is 0.333 e. The Morgan fingerprint density at radius 2 is 1.64 bits per heavy atom. The summed E-state index contributed by atoms with van der Waals surface area (Å²) >= 11 is 0. The van der Waals surface area contributed by atoms with Crippen molar-refractivity contribution in [3.63, 3.8) is 0 Å². The van der Waals surface area contributed by atoms with E-state index in [2.05, 4.69) is 48.5 Å². The van der Waals surface area contributed by atoms with Crippen molar-refractivity contribution in [3.8, 4) is 0 Å². The van der Waals surface area contributed by atoms with E-state index in [1.54, 1.807) is 0 Å². The number of carbonyl (C=O) groups is 2. The molecule has 0 spiro atoms. The Balaban J connectivity index is 1.61. The summed E-state index contributed by atoms with van der Waals surface area (Å²) in [5.74, 6) is 0.791. The van der Waals surface area contributed by atoms with E-state index in [-0.39, 0.29) is 51.7 Å². The topological polar surface area (TPSA) is 113 Å². The van der Waals surface area contributed by atoms with Crippen molar-refractivity contribution in [1.82, 2.24) is 0 Å². The van der Waals surface area contributed by atoms with Gasteiger partial charge in [0.25, 0.3) is 0 Å². The van der Waals surface area contributed by atoms with Gasteiger partial charge >= 0.3 is 16.3 Å². The minimum absolute atomic E-state index is 0.00930. The van der Waals surface area contributed by atoms with Crippen LogP contribution in [-0.4, -0.2) is 33.4 Å². The summed E-state index contributed by atoms with van der Waals surface area (Å²) < 4.78 is 34.6. The average Bonchev–Trinajstić information content (AvgIpc) is 2.83. The van der Waals surface area contributed by atoms with Crippen molar-refractivity contribution in [3.05, 3.63) is 11.6 Å². The van der Waals surface area contributed by atoms with Gasteiger partial charge < -0.3 is 4.74 Å². The number of methoxy groups -OCH3 is 1. The second-order valence-corrected chi connectivity index (χ2v) is 16.4. The van der Waals surface area contributed by atoms with E-state index in [0.717, 1.165) is 44.9 Å². The van der Waals surface area contributed by atoms with Gasteiger partial charge in [-0.1, -0.05) is 54.0 Å². The Labute approximate surface area is 235 Å². The molecule has 2 N–H and O–H groups in total. The van der Waals surface area contributed by atoms with Crippen LogP contribution in [0.4, 0.5) is 0 Å². The molecule has 0 radical (unpaired) electrons. The zero-order chi connectivity index (χ0) is 29.0. The minimum Gasteiger partial charge on any atom is -0.469 e. The number of fused-ring (bicyclic) bond motifs is 7. The molecule has 5 aliphatic carbocycles. The first-order valence-electron chi connectivity index (χ1n) is 14.9. The van der Waals surface area contributed by atoms with Crippen LogP contribution in [0, 0.1) is 56.7 Å². The normalized spacial score (nSPS) is 49.1. The first kappa shape index (κ1) is 29.2. The highest BCUT2D eigenvalue weighted by atomic mass is 32.2. The molecule has 5 aliphatic rings. The molecule has 0 amide bonds. The van der Waals surface area contributed by atoms with E-state index in [1.165, 1.54) is 12.7 Å². The third-order valence-electron chi connectivity index (χ3n) is 13.5. The Morgan fingerprint density at radius 1 is 0.974 bits per heavy atom. The Bertz CT molecular complexity index is 1210. The van der Waals surface area contributed by atoms with Gasteiger partial charge in [-0.25, -0.2) is 5.14 Å². The highest BCUT2D eigenvalue weighted by Gasteiger charge is 2.71. The van der Waals surface area contributed by atoms with Gasteiger partial charge in [-0.2, -0.15) is 8.42 Å². The molecule has 10 atom stereocenters. The lowest BCUT2D eigenvalue weighted by molar-refractivity contribution is -0.203. The molecule has 8 heteroatoms. The van der Waals surface area contributed by atoms with Gasteiger partial charge in [0.2, 0.25) is 0 Å². The third kappa shape index (κ3) is 3.82. The van der Waals surface area contributed by atoms with E-state index in [9.17, 15) is 18.0 Å². The van der Waals surface area contributed by atoms with Crippen LogP contribution in [-0.2, 0) is 28.8 Å². The summed E-state index contributed by atoms with van der Waals surface area (Å²) in [6.07, 6.45) is 7.99. The summed E-state index contributed by atoms with van der Waals surface area (Å²) in [6.45, 7) is 15.7. The summed E-state index contributed by atoms with van der Waals surface area (Å²) in [7, 11) is -2.57. The predicted octanol–water partition coefficient (Wildman–Crippen LogP) is 5.58. The molecule has 4 saturated carbocycles. The van der Waals surface area contributed by atoms with Crippen molar-refractivity contribution in [1.29, 1.82) is 0 Å². The Morgan fingerprint density at radius 3 is 2.26 bits per heavy atom. The van der Waals surface area contributed by atoms with E-state index < -0.39 is 27.2 Å². The second-order valence-electron chi connectivity index (χ2n) is 15.2. The number of carbonyl (C=O) groups excluding carboxylic acids is 2. The van der Waals surface area contributed by atoms with Gasteiger partial charge in [-0.3, -0.25) is 13.8 Å². The number of nitrogens with two attached hydrogens (primary N) is 1. The zero-order valence-electron chi connectivity index (χ0n) is 25.1. The van der Waals surface area contributed by atoms with Crippen molar-refractivity contribution in [2.75, 3.05) is 7.11 Å². The standard InChI is InChI=1S/C31H49NO6S/c1-18-9-14-31(26(34)37-8)16-15-29(6)20(24(31)19(18)2)17-21(33)25-28(5)12-11-23(38-39(32,35)36)27(3,4)22(28)10-13-30(25,29)7/h17-19,22-25H,9-16H2,1-8H3,(H2,32,35,36)/t18-,19+,22+,23+,24+,25-,28+,29-,30-,31+/m1/s1.